The number of imidazole rings is 3. The minimum Gasteiger partial charge on any atom is -0.322 e. The predicted molar refractivity (Wildman–Crippen MR) is 379 cm³/mol. The Morgan fingerprint density at radius 2 is 0.690 bits per heavy atom. The highest BCUT2D eigenvalue weighted by molar-refractivity contribution is 6.08. The van der Waals surface area contributed by atoms with Crippen molar-refractivity contribution in [1.82, 2.24) is 53.1 Å². The van der Waals surface area contributed by atoms with Crippen LogP contribution in [0, 0.1) is 64.8 Å². The molecule has 0 bridgehead atoms. The summed E-state index contributed by atoms with van der Waals surface area (Å²) in [6.07, 6.45) is 18.9. The Kier molecular flexibility index (Phi) is 18.5. The number of fused-ring (bicyclic) bond motifs is 3. The van der Waals surface area contributed by atoms with E-state index in [0.717, 1.165) is 67.3 Å². The Morgan fingerprint density at radius 1 is 0.340 bits per heavy atom. The van der Waals surface area contributed by atoms with Crippen LogP contribution in [0.2, 0.25) is 0 Å². The van der Waals surface area contributed by atoms with Crippen molar-refractivity contribution in [3.63, 3.8) is 0 Å². The number of hydrogen-bond acceptors (Lipinski definition) is 11. The van der Waals surface area contributed by atoms with Crippen LogP contribution >= 0.6 is 0 Å². The number of amides is 3. The molecule has 10 aromatic heterocycles. The zero-order valence-corrected chi connectivity index (χ0v) is 54.7. The third-order valence-corrected chi connectivity index (χ3v) is 16.6. The van der Waals surface area contributed by atoms with Gasteiger partial charge in [-0.15, -0.1) is 0 Å². The van der Waals surface area contributed by atoms with E-state index in [9.17, 15) is 31.9 Å². The van der Waals surface area contributed by atoms with Crippen LogP contribution in [0.3, 0.4) is 0 Å². The van der Waals surface area contributed by atoms with Gasteiger partial charge in [-0.1, -0.05) is 77.4 Å². The second-order valence-corrected chi connectivity index (χ2v) is 23.6. The third kappa shape index (κ3) is 13.9. The van der Waals surface area contributed by atoms with Crippen molar-refractivity contribution in [1.29, 1.82) is 0 Å². The maximum absolute atomic E-state index is 14.4. The molecular formula is C79H60F4N14O3. The zero-order valence-electron chi connectivity index (χ0n) is 54.7. The van der Waals surface area contributed by atoms with E-state index in [1.807, 2.05) is 147 Å². The van der Waals surface area contributed by atoms with E-state index in [4.69, 9.17) is 0 Å². The van der Waals surface area contributed by atoms with Gasteiger partial charge in [-0.25, -0.2) is 42.5 Å². The van der Waals surface area contributed by atoms with Gasteiger partial charge in [0.05, 0.1) is 74.5 Å². The highest BCUT2D eigenvalue weighted by atomic mass is 19.1. The number of nitrogens with zero attached hydrogens (tertiary/aromatic N) is 11. The number of aryl methyl sites for hydroxylation is 6. The normalized spacial score (nSPS) is 11.0. The number of pyridine rings is 6. The van der Waals surface area contributed by atoms with Crippen molar-refractivity contribution >= 4 is 51.3 Å². The van der Waals surface area contributed by atoms with Crippen LogP contribution in [-0.4, -0.2) is 70.8 Å². The molecule has 17 nitrogen and oxygen atoms in total. The molecule has 100 heavy (non-hydrogen) atoms. The molecule has 5 aromatic carbocycles. The van der Waals surface area contributed by atoms with E-state index in [2.05, 4.69) is 55.8 Å². The average Bonchev–Trinajstić information content (AvgIpc) is 1.54. The van der Waals surface area contributed by atoms with Gasteiger partial charge in [-0.2, -0.15) is 0 Å². The van der Waals surface area contributed by atoms with E-state index in [1.165, 1.54) is 30.3 Å². The summed E-state index contributed by atoms with van der Waals surface area (Å²) >= 11 is 0. The molecule has 15 aromatic rings. The lowest BCUT2D eigenvalue weighted by atomic mass is 10.0. The number of hydrogen-bond donors (Lipinski definition) is 3. The lowest BCUT2D eigenvalue weighted by Crippen LogP contribution is -2.14. The molecule has 0 radical (unpaired) electrons. The molecule has 0 spiro atoms. The Bertz CT molecular complexity index is 5560. The number of rotatable bonds is 12. The Labute approximate surface area is 570 Å². The molecule has 10 heterocycles. The summed E-state index contributed by atoms with van der Waals surface area (Å²) < 4.78 is 61.7. The summed E-state index contributed by atoms with van der Waals surface area (Å²) in [5.41, 5.74) is 15.8. The van der Waals surface area contributed by atoms with Crippen LogP contribution in [0.25, 0.3) is 84.4 Å². The average molecular weight is 1330 g/mol. The van der Waals surface area contributed by atoms with Gasteiger partial charge < -0.3 is 16.0 Å². The maximum Gasteiger partial charge on any atom is 0.257 e. The lowest BCUT2D eigenvalue weighted by Gasteiger charge is -2.11. The smallest absolute Gasteiger partial charge is 0.257 e. The molecule has 0 aliphatic carbocycles. The maximum atomic E-state index is 14.4. The van der Waals surface area contributed by atoms with Crippen molar-refractivity contribution < 1.29 is 31.9 Å². The van der Waals surface area contributed by atoms with Crippen LogP contribution in [0.4, 0.5) is 34.6 Å². The van der Waals surface area contributed by atoms with E-state index in [-0.39, 0.29) is 29.1 Å². The standard InChI is InChI=1S/2C27H20F2N4O.C25H20N6O/c1-16-8-10-19(11-9-16)32-27(34)21-13-18(14-30-17(21)2)20-5-4-12-33-24(20)15-31-26(33)25-22(28)6-3-7-23(25)29;1-16-5-7-22(8-6-16)32-27(34)24-12-19(14-30-17(24)2)23-4-3-9-33-25(23)15-31-26(33)18-10-20(28)13-21(29)11-18;1-16-6-8-19(9-7-16)30-25(32)21-13-18(14-28-17(21)2)20-5-3-12-31-22(20)15-29-24(31)23-26-10-4-11-27-23/h2*3-15H,1-2H3,(H,32,34);3-15H,1-2H3,(H,30,32). The Morgan fingerprint density at radius 3 is 1.08 bits per heavy atom. The molecule has 492 valence electrons. The van der Waals surface area contributed by atoms with E-state index >= 15 is 0 Å². The number of benzene rings is 5. The van der Waals surface area contributed by atoms with Crippen molar-refractivity contribution in [2.24, 2.45) is 0 Å². The Hall–Kier alpha value is -13.2. The number of aromatic nitrogens is 11. The highest BCUT2D eigenvalue weighted by Gasteiger charge is 2.22. The monoisotopic (exact) mass is 1330 g/mol. The van der Waals surface area contributed by atoms with Gasteiger partial charge >= 0.3 is 0 Å². The number of carbonyl (C=O) groups is 3. The summed E-state index contributed by atoms with van der Waals surface area (Å²) in [6.45, 7) is 11.4. The first-order valence-corrected chi connectivity index (χ1v) is 31.5. The summed E-state index contributed by atoms with van der Waals surface area (Å²) in [5.74, 6) is -1.68. The third-order valence-electron chi connectivity index (χ3n) is 16.6. The van der Waals surface area contributed by atoms with Gasteiger partial charge in [0.15, 0.2) is 11.6 Å². The second kappa shape index (κ2) is 28.3. The van der Waals surface area contributed by atoms with Gasteiger partial charge in [0.1, 0.15) is 34.9 Å². The molecule has 0 atom stereocenters. The summed E-state index contributed by atoms with van der Waals surface area (Å²) in [7, 11) is 0. The first-order valence-electron chi connectivity index (χ1n) is 31.5. The van der Waals surface area contributed by atoms with Gasteiger partial charge in [0.25, 0.3) is 17.7 Å². The summed E-state index contributed by atoms with van der Waals surface area (Å²) in [4.78, 5) is 74.1. The number of halogens is 4. The molecule has 0 fully saturated rings. The molecule has 3 amide bonds. The van der Waals surface area contributed by atoms with E-state index in [0.29, 0.717) is 79.3 Å². The van der Waals surface area contributed by atoms with Crippen LogP contribution in [0.15, 0.2) is 238 Å². The van der Waals surface area contributed by atoms with Crippen molar-refractivity contribution in [3.8, 4) is 67.8 Å². The largest absolute Gasteiger partial charge is 0.322 e. The van der Waals surface area contributed by atoms with Crippen molar-refractivity contribution in [2.45, 2.75) is 41.5 Å². The minimum absolute atomic E-state index is 0.157. The quantitative estimate of drug-likeness (QED) is 0.0982. The minimum atomic E-state index is -0.690. The fourth-order valence-electron chi connectivity index (χ4n) is 11.4. The zero-order chi connectivity index (χ0) is 69.7. The van der Waals surface area contributed by atoms with Crippen LogP contribution in [-0.2, 0) is 0 Å². The van der Waals surface area contributed by atoms with E-state index in [1.54, 1.807) is 109 Å². The molecule has 3 N–H and O–H groups in total. The van der Waals surface area contributed by atoms with Gasteiger partial charge in [0, 0.05) is 112 Å². The van der Waals surface area contributed by atoms with Gasteiger partial charge in [0.2, 0.25) is 0 Å². The highest BCUT2D eigenvalue weighted by Crippen LogP contribution is 2.34. The molecule has 15 rings (SSSR count). The topological polar surface area (TPSA) is 204 Å². The molecular weight excluding hydrogens is 1270 g/mol. The van der Waals surface area contributed by atoms with Crippen LogP contribution in [0.1, 0.15) is 64.8 Å². The van der Waals surface area contributed by atoms with Crippen LogP contribution < -0.4 is 16.0 Å². The van der Waals surface area contributed by atoms with Crippen molar-refractivity contribution in [2.75, 3.05) is 16.0 Å². The fourth-order valence-corrected chi connectivity index (χ4v) is 11.4. The lowest BCUT2D eigenvalue weighted by molar-refractivity contribution is 0.101. The van der Waals surface area contributed by atoms with Gasteiger partial charge in [-0.05, 0) is 145 Å². The first-order chi connectivity index (χ1) is 48.4. The van der Waals surface area contributed by atoms with Gasteiger partial charge in [-0.3, -0.25) is 42.5 Å². The van der Waals surface area contributed by atoms with E-state index < -0.39 is 23.3 Å². The number of nitrogens with one attached hydrogen (secondary N) is 3. The number of carbonyl (C=O) groups excluding carboxylic acids is 3. The predicted octanol–water partition coefficient (Wildman–Crippen LogP) is 17.1. The number of anilines is 3. The SMILES string of the molecule is Cc1ccc(NC(=O)c2cc(-c3cccn4c(-c5c(F)cccc5F)ncc34)cnc2C)cc1.Cc1ccc(NC(=O)c2cc(-c3cccn4c(-c5cc(F)cc(F)c5)ncc34)cnc2C)cc1.Cc1ccc(NC(=O)c2cc(-c3cccn4c(-c5ncccn5)ncc34)cnc2C)cc1. The van der Waals surface area contributed by atoms with Crippen LogP contribution in [0.5, 0.6) is 0 Å². The molecule has 21 heteroatoms. The fraction of sp³-hybridized carbons (Fsp3) is 0.0759. The van der Waals surface area contributed by atoms with Crippen molar-refractivity contribution in [3.05, 3.63) is 312 Å². The Balaban J connectivity index is 0.000000134. The summed E-state index contributed by atoms with van der Waals surface area (Å²) in [5, 5.41) is 8.77. The first kappa shape index (κ1) is 65.5. The molecule has 0 aliphatic rings. The molecule has 0 saturated carbocycles. The molecule has 0 aliphatic heterocycles. The summed E-state index contributed by atoms with van der Waals surface area (Å²) in [6, 6.07) is 48.3. The molecule has 0 unspecified atom stereocenters. The second-order valence-electron chi connectivity index (χ2n) is 23.6. The molecule has 0 saturated heterocycles.